The molecule has 0 aliphatic heterocycles. The van der Waals surface area contributed by atoms with Crippen molar-refractivity contribution in [2.75, 3.05) is 11.1 Å². The molecule has 4 rings (SSSR count). The quantitative estimate of drug-likeness (QED) is 0.380. The van der Waals surface area contributed by atoms with Gasteiger partial charge in [0.05, 0.1) is 28.1 Å². The van der Waals surface area contributed by atoms with Gasteiger partial charge in [-0.3, -0.25) is 9.59 Å². The Morgan fingerprint density at radius 1 is 1.06 bits per heavy atom. The largest absolute Gasteiger partial charge is 0.369 e. The number of amides is 2. The van der Waals surface area contributed by atoms with Gasteiger partial charge in [-0.15, -0.1) is 22.7 Å². The van der Waals surface area contributed by atoms with Crippen molar-refractivity contribution >= 4 is 62.2 Å². The lowest BCUT2D eigenvalue weighted by atomic mass is 10.2. The van der Waals surface area contributed by atoms with Gasteiger partial charge in [0.15, 0.2) is 4.34 Å². The molecule has 0 bridgehead atoms. The number of carbonyl (C=O) groups excluding carboxylic acids is 2. The van der Waals surface area contributed by atoms with Crippen LogP contribution >= 0.6 is 34.4 Å². The first-order valence-corrected chi connectivity index (χ1v) is 12.1. The van der Waals surface area contributed by atoms with Crippen LogP contribution in [0.15, 0.2) is 46.8 Å². The SMILES string of the molecule is Cc1ccc2nc(-c3ccc(NC(=O)CSc4nc(C)c(CC(N)=O)s4)cc3)sc2c1. The lowest BCUT2D eigenvalue weighted by Gasteiger charge is -2.05. The van der Waals surface area contributed by atoms with E-state index in [1.807, 2.05) is 37.3 Å². The molecule has 2 aromatic heterocycles. The molecule has 0 aliphatic rings. The van der Waals surface area contributed by atoms with Crippen LogP contribution in [0.1, 0.15) is 16.1 Å². The molecule has 4 aromatic rings. The Morgan fingerprint density at radius 2 is 1.84 bits per heavy atom. The van der Waals surface area contributed by atoms with Crippen LogP contribution in [-0.4, -0.2) is 27.5 Å². The second-order valence-corrected chi connectivity index (χ2v) is 10.4. The highest BCUT2D eigenvalue weighted by Gasteiger charge is 2.12. The van der Waals surface area contributed by atoms with Crippen LogP contribution in [-0.2, 0) is 16.0 Å². The number of anilines is 1. The first kappa shape index (κ1) is 21.5. The summed E-state index contributed by atoms with van der Waals surface area (Å²) in [4.78, 5) is 33.4. The molecular formula is C22H20N4O2S3. The van der Waals surface area contributed by atoms with Gasteiger partial charge in [-0.05, 0) is 55.8 Å². The van der Waals surface area contributed by atoms with Crippen LogP contribution in [0, 0.1) is 13.8 Å². The number of aromatic nitrogens is 2. The lowest BCUT2D eigenvalue weighted by molar-refractivity contribution is -0.117. The summed E-state index contributed by atoms with van der Waals surface area (Å²) >= 11 is 4.41. The normalized spacial score (nSPS) is 11.0. The number of primary amides is 1. The maximum Gasteiger partial charge on any atom is 0.234 e. The van der Waals surface area contributed by atoms with Crippen molar-refractivity contribution in [3.63, 3.8) is 0 Å². The fourth-order valence-corrected chi connectivity index (χ4v) is 6.07. The van der Waals surface area contributed by atoms with Crippen LogP contribution < -0.4 is 11.1 Å². The van der Waals surface area contributed by atoms with Gasteiger partial charge in [-0.2, -0.15) is 0 Å². The number of nitrogens with two attached hydrogens (primary N) is 1. The van der Waals surface area contributed by atoms with Crippen molar-refractivity contribution in [1.82, 2.24) is 9.97 Å². The summed E-state index contributed by atoms with van der Waals surface area (Å²) in [7, 11) is 0. The lowest BCUT2D eigenvalue weighted by Crippen LogP contribution is -2.13. The van der Waals surface area contributed by atoms with E-state index in [1.54, 1.807) is 11.3 Å². The predicted molar refractivity (Wildman–Crippen MR) is 129 cm³/mol. The Balaban J connectivity index is 1.36. The number of benzene rings is 2. The van der Waals surface area contributed by atoms with Crippen molar-refractivity contribution in [1.29, 1.82) is 0 Å². The third-order valence-corrected chi connectivity index (χ3v) is 7.86. The van der Waals surface area contributed by atoms with Gasteiger partial charge in [-0.1, -0.05) is 17.8 Å². The number of carbonyl (C=O) groups is 2. The molecule has 0 saturated heterocycles. The van der Waals surface area contributed by atoms with Crippen molar-refractivity contribution in [2.45, 2.75) is 24.6 Å². The Hall–Kier alpha value is -2.75. The van der Waals surface area contributed by atoms with E-state index in [0.717, 1.165) is 36.7 Å². The molecule has 0 saturated carbocycles. The molecule has 0 fully saturated rings. The van der Waals surface area contributed by atoms with Crippen molar-refractivity contribution in [3.8, 4) is 10.6 Å². The first-order valence-electron chi connectivity index (χ1n) is 9.52. The summed E-state index contributed by atoms with van der Waals surface area (Å²) in [6, 6.07) is 13.9. The van der Waals surface area contributed by atoms with E-state index < -0.39 is 0 Å². The van der Waals surface area contributed by atoms with E-state index in [1.165, 1.54) is 33.4 Å². The van der Waals surface area contributed by atoms with Gasteiger partial charge < -0.3 is 11.1 Å². The van der Waals surface area contributed by atoms with Crippen molar-refractivity contribution in [3.05, 3.63) is 58.6 Å². The van der Waals surface area contributed by atoms with Crippen LogP contribution in [0.4, 0.5) is 5.69 Å². The number of hydrogen-bond donors (Lipinski definition) is 2. The number of thiazole rings is 2. The first-order chi connectivity index (χ1) is 14.9. The van der Waals surface area contributed by atoms with Gasteiger partial charge in [0.2, 0.25) is 11.8 Å². The van der Waals surface area contributed by atoms with E-state index in [2.05, 4.69) is 29.4 Å². The zero-order valence-electron chi connectivity index (χ0n) is 17.0. The van der Waals surface area contributed by atoms with E-state index in [4.69, 9.17) is 10.7 Å². The molecule has 0 spiro atoms. The van der Waals surface area contributed by atoms with Crippen LogP contribution in [0.5, 0.6) is 0 Å². The Bertz CT molecular complexity index is 1260. The second kappa shape index (κ2) is 9.17. The predicted octanol–water partition coefficient (Wildman–Crippen LogP) is 4.80. The van der Waals surface area contributed by atoms with E-state index >= 15 is 0 Å². The van der Waals surface area contributed by atoms with Crippen LogP contribution in [0.2, 0.25) is 0 Å². The zero-order valence-corrected chi connectivity index (χ0v) is 19.4. The molecule has 0 radical (unpaired) electrons. The molecule has 0 unspecified atom stereocenters. The van der Waals surface area contributed by atoms with Gasteiger partial charge in [0.1, 0.15) is 5.01 Å². The average molecular weight is 469 g/mol. The molecule has 31 heavy (non-hydrogen) atoms. The molecule has 2 aromatic carbocycles. The van der Waals surface area contributed by atoms with E-state index in [9.17, 15) is 9.59 Å². The molecule has 9 heteroatoms. The second-order valence-electron chi connectivity index (χ2n) is 7.04. The number of hydrogen-bond acceptors (Lipinski definition) is 7. The topological polar surface area (TPSA) is 98.0 Å². The van der Waals surface area contributed by atoms with Gasteiger partial charge in [-0.25, -0.2) is 9.97 Å². The molecule has 2 amide bonds. The van der Waals surface area contributed by atoms with Gasteiger partial charge in [0, 0.05) is 16.1 Å². The van der Waals surface area contributed by atoms with Crippen LogP contribution in [0.25, 0.3) is 20.8 Å². The molecule has 6 nitrogen and oxygen atoms in total. The van der Waals surface area contributed by atoms with Crippen molar-refractivity contribution < 1.29 is 9.59 Å². The number of rotatable bonds is 7. The van der Waals surface area contributed by atoms with Crippen LogP contribution in [0.3, 0.4) is 0 Å². The molecule has 0 atom stereocenters. The summed E-state index contributed by atoms with van der Waals surface area (Å²) in [5.41, 5.74) is 10.0. The number of nitrogens with zero attached hydrogens (tertiary/aromatic N) is 2. The van der Waals surface area contributed by atoms with Gasteiger partial charge in [0.25, 0.3) is 0 Å². The summed E-state index contributed by atoms with van der Waals surface area (Å²) < 4.78 is 1.92. The standard InChI is InChI=1S/C22H20N4O2S3/c1-12-3-8-16-18(9-12)30-21(26-16)14-4-6-15(7-5-14)25-20(28)11-29-22-24-13(2)17(31-22)10-19(23)27/h3-9H,10-11H2,1-2H3,(H2,23,27)(H,25,28). The number of fused-ring (bicyclic) bond motifs is 1. The summed E-state index contributed by atoms with van der Waals surface area (Å²) in [5.74, 6) is -0.259. The number of thioether (sulfide) groups is 1. The summed E-state index contributed by atoms with van der Waals surface area (Å²) in [5, 5.41) is 3.86. The molecule has 158 valence electrons. The highest BCUT2D eigenvalue weighted by molar-refractivity contribution is 8.01. The maximum atomic E-state index is 12.3. The Labute approximate surface area is 191 Å². The molecule has 0 aliphatic carbocycles. The average Bonchev–Trinajstić information content (AvgIpc) is 3.29. The zero-order chi connectivity index (χ0) is 22.0. The monoisotopic (exact) mass is 468 g/mol. The fourth-order valence-electron chi connectivity index (χ4n) is 2.96. The summed E-state index contributed by atoms with van der Waals surface area (Å²) in [6.07, 6.45) is 0.177. The minimum absolute atomic E-state index is 0.113. The minimum Gasteiger partial charge on any atom is -0.369 e. The number of aryl methyl sites for hydroxylation is 2. The highest BCUT2D eigenvalue weighted by Crippen LogP contribution is 2.31. The third-order valence-electron chi connectivity index (χ3n) is 4.49. The molecule has 3 N–H and O–H groups in total. The van der Waals surface area contributed by atoms with E-state index in [-0.39, 0.29) is 24.0 Å². The molecule has 2 heterocycles. The number of nitrogens with one attached hydrogen (secondary N) is 1. The molecular weight excluding hydrogens is 448 g/mol. The minimum atomic E-state index is -0.384. The smallest absolute Gasteiger partial charge is 0.234 e. The Kier molecular flexibility index (Phi) is 6.35. The Morgan fingerprint density at radius 3 is 2.58 bits per heavy atom. The van der Waals surface area contributed by atoms with Gasteiger partial charge >= 0.3 is 0 Å². The summed E-state index contributed by atoms with van der Waals surface area (Å²) in [6.45, 7) is 3.91. The maximum absolute atomic E-state index is 12.3. The third kappa shape index (κ3) is 5.30. The highest BCUT2D eigenvalue weighted by atomic mass is 32.2. The van der Waals surface area contributed by atoms with E-state index in [0.29, 0.717) is 0 Å². The fraction of sp³-hybridized carbons (Fsp3) is 0.182. The van der Waals surface area contributed by atoms with Crippen molar-refractivity contribution in [2.24, 2.45) is 5.73 Å².